The third kappa shape index (κ3) is 4.65. The second-order valence-electron chi connectivity index (χ2n) is 4.09. The van der Waals surface area contributed by atoms with Crippen molar-refractivity contribution < 1.29 is 0 Å². The molecule has 4 heteroatoms. The standard InChI is InChI=1S/C14H16ClNS2/c1-11(9-16-10-14-3-2-8-17-14)18-13-6-4-12(15)5-7-13/h2-8,11,16H,9-10H2,1H3. The number of hydrogen-bond donors (Lipinski definition) is 1. The van der Waals surface area contributed by atoms with Crippen LogP contribution in [0.3, 0.4) is 0 Å². The van der Waals surface area contributed by atoms with E-state index in [2.05, 4.69) is 41.9 Å². The van der Waals surface area contributed by atoms with E-state index in [-0.39, 0.29) is 0 Å². The van der Waals surface area contributed by atoms with E-state index in [9.17, 15) is 0 Å². The van der Waals surface area contributed by atoms with Crippen molar-refractivity contribution in [3.8, 4) is 0 Å². The molecule has 0 spiro atoms. The van der Waals surface area contributed by atoms with Crippen molar-refractivity contribution in [2.75, 3.05) is 6.54 Å². The highest BCUT2D eigenvalue weighted by Crippen LogP contribution is 2.24. The van der Waals surface area contributed by atoms with Crippen LogP contribution in [0.5, 0.6) is 0 Å². The van der Waals surface area contributed by atoms with E-state index in [4.69, 9.17) is 11.6 Å². The summed E-state index contributed by atoms with van der Waals surface area (Å²) in [5.74, 6) is 0. The van der Waals surface area contributed by atoms with Gasteiger partial charge in [0, 0.05) is 33.1 Å². The summed E-state index contributed by atoms with van der Waals surface area (Å²) in [6.07, 6.45) is 0. The highest BCUT2D eigenvalue weighted by molar-refractivity contribution is 8.00. The van der Waals surface area contributed by atoms with E-state index in [1.165, 1.54) is 9.77 Å². The van der Waals surface area contributed by atoms with Crippen LogP contribution in [0.2, 0.25) is 5.02 Å². The van der Waals surface area contributed by atoms with Crippen LogP contribution in [-0.4, -0.2) is 11.8 Å². The quantitative estimate of drug-likeness (QED) is 0.778. The molecule has 18 heavy (non-hydrogen) atoms. The minimum absolute atomic E-state index is 0.547. The molecule has 2 aromatic rings. The maximum absolute atomic E-state index is 5.87. The van der Waals surface area contributed by atoms with Gasteiger partial charge < -0.3 is 5.32 Å². The Morgan fingerprint density at radius 2 is 2.06 bits per heavy atom. The van der Waals surface area contributed by atoms with Gasteiger partial charge in [0.15, 0.2) is 0 Å². The lowest BCUT2D eigenvalue weighted by molar-refractivity contribution is 0.690. The summed E-state index contributed by atoms with van der Waals surface area (Å²) in [7, 11) is 0. The molecule has 0 aliphatic heterocycles. The summed E-state index contributed by atoms with van der Waals surface area (Å²) in [6.45, 7) is 4.20. The average molecular weight is 298 g/mol. The van der Waals surface area contributed by atoms with Crippen LogP contribution >= 0.6 is 34.7 Å². The fourth-order valence-corrected chi connectivity index (χ4v) is 3.36. The molecule has 0 bridgehead atoms. The van der Waals surface area contributed by atoms with E-state index in [1.807, 2.05) is 23.9 Å². The van der Waals surface area contributed by atoms with Crippen LogP contribution in [0, 0.1) is 0 Å². The van der Waals surface area contributed by atoms with E-state index < -0.39 is 0 Å². The van der Waals surface area contributed by atoms with Crippen LogP contribution in [0.15, 0.2) is 46.7 Å². The third-order valence-corrected chi connectivity index (χ3v) is 4.70. The topological polar surface area (TPSA) is 12.0 Å². The van der Waals surface area contributed by atoms with Crippen molar-refractivity contribution in [1.82, 2.24) is 5.32 Å². The van der Waals surface area contributed by atoms with Gasteiger partial charge in [0.05, 0.1) is 0 Å². The molecule has 1 nitrogen and oxygen atoms in total. The molecule has 2 rings (SSSR count). The Hall–Kier alpha value is -0.480. The van der Waals surface area contributed by atoms with Crippen LogP contribution in [-0.2, 0) is 6.54 Å². The maximum Gasteiger partial charge on any atom is 0.0406 e. The molecule has 1 unspecified atom stereocenters. The molecular weight excluding hydrogens is 282 g/mol. The Morgan fingerprint density at radius 1 is 1.28 bits per heavy atom. The molecule has 0 radical (unpaired) electrons. The SMILES string of the molecule is CC(CNCc1cccs1)Sc1ccc(Cl)cc1. The lowest BCUT2D eigenvalue weighted by Gasteiger charge is -2.12. The first-order valence-corrected chi connectivity index (χ1v) is 8.03. The zero-order chi connectivity index (χ0) is 12.8. The Bertz CT molecular complexity index is 453. The van der Waals surface area contributed by atoms with Gasteiger partial charge in [-0.05, 0) is 35.7 Å². The number of nitrogens with one attached hydrogen (secondary N) is 1. The van der Waals surface area contributed by atoms with Gasteiger partial charge in [-0.15, -0.1) is 23.1 Å². The number of thioether (sulfide) groups is 1. The Morgan fingerprint density at radius 3 is 2.72 bits per heavy atom. The molecule has 1 N–H and O–H groups in total. The fraction of sp³-hybridized carbons (Fsp3) is 0.286. The second kappa shape index (κ2) is 7.19. The van der Waals surface area contributed by atoms with Crippen LogP contribution in [0.1, 0.15) is 11.8 Å². The zero-order valence-corrected chi connectivity index (χ0v) is 12.6. The molecule has 0 aliphatic carbocycles. The van der Waals surface area contributed by atoms with E-state index in [1.54, 1.807) is 11.3 Å². The van der Waals surface area contributed by atoms with Gasteiger partial charge in [-0.2, -0.15) is 0 Å². The van der Waals surface area contributed by atoms with Crippen molar-refractivity contribution in [2.24, 2.45) is 0 Å². The first-order chi connectivity index (χ1) is 8.74. The lowest BCUT2D eigenvalue weighted by atomic mass is 10.4. The maximum atomic E-state index is 5.87. The monoisotopic (exact) mass is 297 g/mol. The molecule has 0 saturated heterocycles. The molecular formula is C14H16ClNS2. The molecule has 1 aromatic heterocycles. The van der Waals surface area contributed by atoms with Gasteiger partial charge in [-0.3, -0.25) is 0 Å². The number of benzene rings is 1. The largest absolute Gasteiger partial charge is 0.311 e. The van der Waals surface area contributed by atoms with Gasteiger partial charge in [0.2, 0.25) is 0 Å². The molecule has 96 valence electrons. The predicted octanol–water partition coefficient (Wildman–Crippen LogP) is 4.67. The first-order valence-electron chi connectivity index (χ1n) is 5.89. The van der Waals surface area contributed by atoms with Crippen LogP contribution in [0.4, 0.5) is 0 Å². The summed E-state index contributed by atoms with van der Waals surface area (Å²) >= 11 is 9.54. The molecule has 1 atom stereocenters. The third-order valence-electron chi connectivity index (χ3n) is 2.46. The molecule has 0 fully saturated rings. The highest BCUT2D eigenvalue weighted by atomic mass is 35.5. The van der Waals surface area contributed by atoms with Crippen molar-refractivity contribution in [1.29, 1.82) is 0 Å². The normalized spacial score (nSPS) is 12.6. The Kier molecular flexibility index (Phi) is 5.57. The molecule has 1 aromatic carbocycles. The predicted molar refractivity (Wildman–Crippen MR) is 82.8 cm³/mol. The fourth-order valence-electron chi connectivity index (χ4n) is 1.60. The number of halogens is 1. The van der Waals surface area contributed by atoms with E-state index in [0.717, 1.165) is 18.1 Å². The Balaban J connectivity index is 1.71. The van der Waals surface area contributed by atoms with Gasteiger partial charge in [0.25, 0.3) is 0 Å². The van der Waals surface area contributed by atoms with E-state index in [0.29, 0.717) is 5.25 Å². The van der Waals surface area contributed by atoms with Gasteiger partial charge >= 0.3 is 0 Å². The van der Waals surface area contributed by atoms with Crippen molar-refractivity contribution in [2.45, 2.75) is 23.6 Å². The summed E-state index contributed by atoms with van der Waals surface area (Å²) in [5, 5.41) is 6.94. The van der Waals surface area contributed by atoms with Crippen molar-refractivity contribution in [3.63, 3.8) is 0 Å². The second-order valence-corrected chi connectivity index (χ2v) is 7.07. The summed E-state index contributed by atoms with van der Waals surface area (Å²) in [4.78, 5) is 2.66. The zero-order valence-electron chi connectivity index (χ0n) is 10.2. The number of hydrogen-bond acceptors (Lipinski definition) is 3. The minimum atomic E-state index is 0.547. The van der Waals surface area contributed by atoms with Gasteiger partial charge in [-0.25, -0.2) is 0 Å². The number of rotatable bonds is 6. The molecule has 0 saturated carbocycles. The minimum Gasteiger partial charge on any atom is -0.311 e. The average Bonchev–Trinajstić information content (AvgIpc) is 2.85. The smallest absolute Gasteiger partial charge is 0.0406 e. The molecule has 0 amide bonds. The van der Waals surface area contributed by atoms with E-state index >= 15 is 0 Å². The summed E-state index contributed by atoms with van der Waals surface area (Å²) in [5.41, 5.74) is 0. The van der Waals surface area contributed by atoms with Crippen LogP contribution in [0.25, 0.3) is 0 Å². The van der Waals surface area contributed by atoms with Gasteiger partial charge in [0.1, 0.15) is 0 Å². The summed E-state index contributed by atoms with van der Waals surface area (Å²) < 4.78 is 0. The molecule has 1 heterocycles. The van der Waals surface area contributed by atoms with Crippen molar-refractivity contribution >= 4 is 34.7 Å². The van der Waals surface area contributed by atoms with Crippen molar-refractivity contribution in [3.05, 3.63) is 51.7 Å². The van der Waals surface area contributed by atoms with Crippen LogP contribution < -0.4 is 5.32 Å². The van der Waals surface area contributed by atoms with Gasteiger partial charge in [-0.1, -0.05) is 24.6 Å². The summed E-state index contributed by atoms with van der Waals surface area (Å²) in [6, 6.07) is 12.3. The molecule has 0 aliphatic rings. The number of thiophene rings is 1. The Labute approximate surface area is 122 Å². The lowest BCUT2D eigenvalue weighted by Crippen LogP contribution is -2.21. The highest BCUT2D eigenvalue weighted by Gasteiger charge is 2.04. The first kappa shape index (κ1) is 13.9.